The van der Waals surface area contributed by atoms with Crippen molar-refractivity contribution in [1.82, 2.24) is 15.3 Å². The minimum atomic E-state index is -1.21. The van der Waals surface area contributed by atoms with Crippen molar-refractivity contribution in [3.63, 3.8) is 0 Å². The predicted molar refractivity (Wildman–Crippen MR) is 133 cm³/mol. The van der Waals surface area contributed by atoms with Gasteiger partial charge in [0.15, 0.2) is 0 Å². The fourth-order valence-electron chi connectivity index (χ4n) is 4.17. The Balaban J connectivity index is 1.18. The Hall–Kier alpha value is -3.45. The largest absolute Gasteiger partial charge is 0.481 e. The molecule has 0 aliphatic carbocycles. The van der Waals surface area contributed by atoms with Gasteiger partial charge in [0.1, 0.15) is 12.2 Å². The molecular weight excluding hydrogens is 486 g/mol. The summed E-state index contributed by atoms with van der Waals surface area (Å²) in [5, 5.41) is 27.2. The molecule has 188 valence electrons. The summed E-state index contributed by atoms with van der Waals surface area (Å²) in [6.07, 6.45) is -1.74. The van der Waals surface area contributed by atoms with E-state index in [1.54, 1.807) is 30.5 Å². The van der Waals surface area contributed by atoms with Crippen LogP contribution in [-0.2, 0) is 9.53 Å². The maximum atomic E-state index is 12.5. The molecule has 4 N–H and O–H groups in total. The third kappa shape index (κ3) is 4.93. The molecule has 0 radical (unpaired) electrons. The lowest BCUT2D eigenvalue weighted by molar-refractivity contribution is -0.113. The summed E-state index contributed by atoms with van der Waals surface area (Å²) in [7, 11) is 1.50. The fraction of sp³-hybridized carbons (Fsp3) is 0.333. The van der Waals surface area contributed by atoms with Crippen molar-refractivity contribution in [3.8, 4) is 5.88 Å². The van der Waals surface area contributed by atoms with Crippen molar-refractivity contribution in [2.24, 2.45) is 0 Å². The lowest BCUT2D eigenvalue weighted by atomic mass is 10.0. The van der Waals surface area contributed by atoms with E-state index in [2.05, 4.69) is 20.6 Å². The lowest BCUT2D eigenvalue weighted by Gasteiger charge is -2.21. The fourth-order valence-corrected chi connectivity index (χ4v) is 4.96. The highest BCUT2D eigenvalue weighted by molar-refractivity contribution is 8.00. The van der Waals surface area contributed by atoms with Gasteiger partial charge >= 0.3 is 6.09 Å². The molecule has 1 saturated heterocycles. The Morgan fingerprint density at radius 2 is 2.14 bits per heavy atom. The Labute approximate surface area is 210 Å². The zero-order valence-electron chi connectivity index (χ0n) is 19.4. The van der Waals surface area contributed by atoms with E-state index in [-0.39, 0.29) is 19.0 Å². The van der Waals surface area contributed by atoms with Crippen LogP contribution in [0.3, 0.4) is 0 Å². The molecule has 3 aromatic rings. The molecule has 12 heteroatoms. The second-order valence-corrected chi connectivity index (χ2v) is 9.44. The molecule has 4 heterocycles. The normalized spacial score (nSPS) is 19.0. The van der Waals surface area contributed by atoms with Gasteiger partial charge in [0, 0.05) is 41.5 Å². The number of methoxy groups -OCH3 is 1. The van der Waals surface area contributed by atoms with Gasteiger partial charge in [0.25, 0.3) is 0 Å². The number of nitrogens with one attached hydrogen (secondary N) is 2. The first-order chi connectivity index (χ1) is 17.4. The molecule has 2 amide bonds. The van der Waals surface area contributed by atoms with Crippen LogP contribution >= 0.6 is 11.8 Å². The number of thioether (sulfide) groups is 1. The maximum absolute atomic E-state index is 12.5. The third-order valence-corrected chi connectivity index (χ3v) is 7.06. The van der Waals surface area contributed by atoms with E-state index in [9.17, 15) is 19.8 Å². The standard InChI is InChI=1S/C24H25N5O6S/c1-34-21-5-3-16-22(28-21)15(6-7-26-16)23(32)18(30)10-25-9-14-11-29(24(33)35-14)13-2-4-19-17(8-13)27-20(31)12-36-19/h2-8,14,18,23,25,30,32H,9-12H2,1H3,(H,27,31)/t14?,18-,23-/m0/s1. The Bertz CT molecular complexity index is 1310. The summed E-state index contributed by atoms with van der Waals surface area (Å²) in [6.45, 7) is 0.654. The number of carbonyl (C=O) groups excluding carboxylic acids is 2. The van der Waals surface area contributed by atoms with Gasteiger partial charge < -0.3 is 30.3 Å². The highest BCUT2D eigenvalue weighted by Gasteiger charge is 2.33. The van der Waals surface area contributed by atoms with Crippen LogP contribution in [0.4, 0.5) is 16.2 Å². The molecule has 0 saturated carbocycles. The number of anilines is 2. The van der Waals surface area contributed by atoms with E-state index in [0.717, 1.165) is 4.90 Å². The van der Waals surface area contributed by atoms with Gasteiger partial charge in [0.05, 0.1) is 42.2 Å². The van der Waals surface area contributed by atoms with E-state index in [1.807, 2.05) is 12.1 Å². The molecule has 1 aromatic carbocycles. The SMILES string of the molecule is COc1ccc2nccc([C@H](O)[C@@H](O)CNCC3CN(c4ccc5c(c4)NC(=O)CS5)C(=O)O3)c2n1. The minimum absolute atomic E-state index is 0.0606. The number of ether oxygens (including phenoxy) is 2. The average molecular weight is 512 g/mol. The number of aromatic nitrogens is 2. The highest BCUT2D eigenvalue weighted by Crippen LogP contribution is 2.35. The molecule has 1 fully saturated rings. The van der Waals surface area contributed by atoms with Gasteiger partial charge in [-0.2, -0.15) is 0 Å². The Kier molecular flexibility index (Phi) is 6.92. The zero-order chi connectivity index (χ0) is 25.2. The second-order valence-electron chi connectivity index (χ2n) is 8.43. The first-order valence-electron chi connectivity index (χ1n) is 11.3. The molecule has 1 unspecified atom stereocenters. The third-order valence-electron chi connectivity index (χ3n) is 5.99. The number of rotatable bonds is 8. The number of pyridine rings is 2. The van der Waals surface area contributed by atoms with E-state index in [4.69, 9.17) is 9.47 Å². The van der Waals surface area contributed by atoms with Crippen molar-refractivity contribution in [3.05, 3.63) is 48.2 Å². The quantitative estimate of drug-likeness (QED) is 0.352. The molecule has 36 heavy (non-hydrogen) atoms. The van der Waals surface area contributed by atoms with Crippen LogP contribution in [0.15, 0.2) is 47.5 Å². The van der Waals surface area contributed by atoms with E-state index >= 15 is 0 Å². The number of aliphatic hydroxyl groups excluding tert-OH is 2. The lowest BCUT2D eigenvalue weighted by Crippen LogP contribution is -2.37. The summed E-state index contributed by atoms with van der Waals surface area (Å²) >= 11 is 1.45. The van der Waals surface area contributed by atoms with Gasteiger partial charge in [-0.05, 0) is 30.3 Å². The highest BCUT2D eigenvalue weighted by atomic mass is 32.2. The summed E-state index contributed by atoms with van der Waals surface area (Å²) < 4.78 is 10.6. The Morgan fingerprint density at radius 1 is 1.28 bits per heavy atom. The molecule has 2 aliphatic rings. The molecular formula is C24H25N5O6S. The molecule has 5 rings (SSSR count). The average Bonchev–Trinajstić information content (AvgIpc) is 3.27. The van der Waals surface area contributed by atoms with Crippen LogP contribution in [0.5, 0.6) is 5.88 Å². The number of fused-ring (bicyclic) bond motifs is 2. The number of hydrogen-bond acceptors (Lipinski definition) is 10. The smallest absolute Gasteiger partial charge is 0.414 e. The first kappa shape index (κ1) is 24.3. The summed E-state index contributed by atoms with van der Waals surface area (Å²) in [6, 6.07) is 10.5. The number of hydrogen-bond donors (Lipinski definition) is 4. The van der Waals surface area contributed by atoms with Crippen molar-refractivity contribution < 1.29 is 29.3 Å². The van der Waals surface area contributed by atoms with Gasteiger partial charge in [-0.25, -0.2) is 9.78 Å². The number of carbonyl (C=O) groups is 2. The number of aliphatic hydroxyl groups is 2. The van der Waals surface area contributed by atoms with Crippen LogP contribution < -0.4 is 20.3 Å². The predicted octanol–water partition coefficient (Wildman–Crippen LogP) is 1.69. The number of nitrogens with zero attached hydrogens (tertiary/aromatic N) is 3. The maximum Gasteiger partial charge on any atom is 0.414 e. The van der Waals surface area contributed by atoms with Crippen molar-refractivity contribution in [1.29, 1.82) is 0 Å². The monoisotopic (exact) mass is 511 g/mol. The molecule has 0 spiro atoms. The first-order valence-corrected chi connectivity index (χ1v) is 12.3. The van der Waals surface area contributed by atoms with E-state index < -0.39 is 24.4 Å². The van der Waals surface area contributed by atoms with Crippen LogP contribution in [-0.4, -0.2) is 76.9 Å². The van der Waals surface area contributed by atoms with Gasteiger partial charge in [0.2, 0.25) is 11.8 Å². The number of cyclic esters (lactones) is 1. The Morgan fingerprint density at radius 3 is 2.97 bits per heavy atom. The van der Waals surface area contributed by atoms with Crippen molar-refractivity contribution >= 4 is 46.2 Å². The summed E-state index contributed by atoms with van der Waals surface area (Å²) in [5.74, 6) is 0.671. The van der Waals surface area contributed by atoms with Crippen molar-refractivity contribution in [2.75, 3.05) is 42.7 Å². The topological polar surface area (TPSA) is 146 Å². The molecule has 2 aliphatic heterocycles. The molecule has 0 bridgehead atoms. The van der Waals surface area contributed by atoms with Crippen LogP contribution in [0.2, 0.25) is 0 Å². The second kappa shape index (κ2) is 10.3. The number of amides is 2. The summed E-state index contributed by atoms with van der Waals surface area (Å²) in [5.41, 5.74) is 2.77. The van der Waals surface area contributed by atoms with Gasteiger partial charge in [-0.15, -0.1) is 11.8 Å². The van der Waals surface area contributed by atoms with Crippen molar-refractivity contribution in [2.45, 2.75) is 23.2 Å². The van der Waals surface area contributed by atoms with E-state index in [1.165, 1.54) is 23.8 Å². The van der Waals surface area contributed by atoms with Crippen LogP contribution in [0, 0.1) is 0 Å². The zero-order valence-corrected chi connectivity index (χ0v) is 20.2. The number of benzene rings is 1. The molecule has 11 nitrogen and oxygen atoms in total. The van der Waals surface area contributed by atoms with Gasteiger partial charge in [-0.1, -0.05) is 0 Å². The summed E-state index contributed by atoms with van der Waals surface area (Å²) in [4.78, 5) is 35.2. The van der Waals surface area contributed by atoms with Crippen LogP contribution in [0.25, 0.3) is 11.0 Å². The minimum Gasteiger partial charge on any atom is -0.481 e. The van der Waals surface area contributed by atoms with Crippen LogP contribution in [0.1, 0.15) is 11.7 Å². The van der Waals surface area contributed by atoms with E-state index in [0.29, 0.717) is 46.1 Å². The van der Waals surface area contributed by atoms with Gasteiger partial charge in [-0.3, -0.25) is 14.7 Å². The molecule has 3 atom stereocenters. The molecule has 2 aromatic heterocycles.